The molecule has 1 rings (SSSR count). The molecule has 10 heavy (non-hydrogen) atoms. The van der Waals surface area contributed by atoms with Gasteiger partial charge in [0.2, 0.25) is 0 Å². The minimum Gasteiger partial charge on any atom is -0.266 e. The largest absolute Gasteiger partial charge is 0.267 e. The molecule has 58 valence electrons. The van der Waals surface area contributed by atoms with Gasteiger partial charge in [0.15, 0.2) is 0 Å². The van der Waals surface area contributed by atoms with Crippen molar-refractivity contribution in [2.45, 2.75) is 13.3 Å². The fourth-order valence-electron chi connectivity index (χ4n) is 0.727. The Bertz CT molecular complexity index is 238. The van der Waals surface area contributed by atoms with Crippen LogP contribution in [0.4, 0.5) is 0 Å². The van der Waals surface area contributed by atoms with Gasteiger partial charge in [-0.15, -0.1) is 0 Å². The van der Waals surface area contributed by atoms with Crippen molar-refractivity contribution >= 4 is 10.1 Å². The molecule has 0 aromatic heterocycles. The third-order valence-electron chi connectivity index (χ3n) is 1.43. The zero-order valence-corrected chi connectivity index (χ0v) is 6.65. The lowest BCUT2D eigenvalue weighted by Crippen LogP contribution is -2.07. The SMILES string of the molecule is CC1=CCOS(=O)(=O)CC1. The molecule has 3 nitrogen and oxygen atoms in total. The van der Waals surface area contributed by atoms with Crippen molar-refractivity contribution in [2.75, 3.05) is 12.4 Å². The van der Waals surface area contributed by atoms with E-state index in [0.717, 1.165) is 5.57 Å². The number of hydrogen-bond acceptors (Lipinski definition) is 3. The smallest absolute Gasteiger partial charge is 0.266 e. The number of hydrogen-bond donors (Lipinski definition) is 0. The maximum atomic E-state index is 10.8. The molecule has 0 atom stereocenters. The second kappa shape index (κ2) is 2.72. The third kappa shape index (κ3) is 2.11. The average molecular weight is 162 g/mol. The van der Waals surface area contributed by atoms with Crippen LogP contribution in [0.1, 0.15) is 13.3 Å². The first-order chi connectivity index (χ1) is 4.60. The maximum Gasteiger partial charge on any atom is 0.267 e. The predicted molar refractivity (Wildman–Crippen MR) is 38.1 cm³/mol. The van der Waals surface area contributed by atoms with Gasteiger partial charge in [-0.3, -0.25) is 4.18 Å². The summed E-state index contributed by atoms with van der Waals surface area (Å²) in [5, 5.41) is 0. The van der Waals surface area contributed by atoms with Crippen molar-refractivity contribution in [3.05, 3.63) is 11.6 Å². The van der Waals surface area contributed by atoms with Crippen LogP contribution in [-0.2, 0) is 14.3 Å². The summed E-state index contributed by atoms with van der Waals surface area (Å²) in [4.78, 5) is 0. The highest BCUT2D eigenvalue weighted by Gasteiger charge is 2.13. The minimum absolute atomic E-state index is 0.120. The van der Waals surface area contributed by atoms with Crippen molar-refractivity contribution in [3.63, 3.8) is 0 Å². The Labute approximate surface area is 60.8 Å². The molecule has 1 aliphatic rings. The molecular weight excluding hydrogens is 152 g/mol. The van der Waals surface area contributed by atoms with E-state index < -0.39 is 10.1 Å². The lowest BCUT2D eigenvalue weighted by molar-refractivity contribution is 0.360. The standard InChI is InChI=1S/C6H10O3S/c1-6-2-4-9-10(7,8)5-3-6/h2H,3-5H2,1H3. The van der Waals surface area contributed by atoms with E-state index in [1.54, 1.807) is 6.08 Å². The Morgan fingerprint density at radius 3 is 3.00 bits per heavy atom. The molecule has 1 heterocycles. The van der Waals surface area contributed by atoms with Gasteiger partial charge in [0.25, 0.3) is 10.1 Å². The van der Waals surface area contributed by atoms with Gasteiger partial charge in [-0.1, -0.05) is 11.6 Å². The van der Waals surface area contributed by atoms with Gasteiger partial charge in [-0.05, 0) is 13.3 Å². The van der Waals surface area contributed by atoms with Crippen molar-refractivity contribution in [1.29, 1.82) is 0 Å². The maximum absolute atomic E-state index is 10.8. The van der Waals surface area contributed by atoms with E-state index in [9.17, 15) is 8.42 Å². The van der Waals surface area contributed by atoms with Crippen LogP contribution in [0.3, 0.4) is 0 Å². The number of rotatable bonds is 0. The Balaban J connectivity index is 2.69. The van der Waals surface area contributed by atoms with Gasteiger partial charge in [-0.2, -0.15) is 8.42 Å². The van der Waals surface area contributed by atoms with E-state index in [4.69, 9.17) is 0 Å². The Morgan fingerprint density at radius 2 is 2.30 bits per heavy atom. The molecule has 0 saturated heterocycles. The summed E-state index contributed by atoms with van der Waals surface area (Å²) >= 11 is 0. The van der Waals surface area contributed by atoms with E-state index in [2.05, 4.69) is 4.18 Å². The molecule has 0 aromatic rings. The lowest BCUT2D eigenvalue weighted by Gasteiger charge is -1.96. The fourth-order valence-corrected chi connectivity index (χ4v) is 1.69. The first-order valence-electron chi connectivity index (χ1n) is 3.13. The van der Waals surface area contributed by atoms with Crippen molar-refractivity contribution in [1.82, 2.24) is 0 Å². The monoisotopic (exact) mass is 162 g/mol. The summed E-state index contributed by atoms with van der Waals surface area (Å²) in [6.07, 6.45) is 2.40. The van der Waals surface area contributed by atoms with Gasteiger partial charge >= 0.3 is 0 Å². The second-order valence-corrected chi connectivity index (χ2v) is 4.11. The highest BCUT2D eigenvalue weighted by atomic mass is 32.2. The molecule has 0 saturated carbocycles. The highest BCUT2D eigenvalue weighted by Crippen LogP contribution is 2.09. The molecule has 0 unspecified atom stereocenters. The summed E-state index contributed by atoms with van der Waals surface area (Å²) in [5.74, 6) is 0.120. The first-order valence-corrected chi connectivity index (χ1v) is 4.71. The van der Waals surface area contributed by atoms with Gasteiger partial charge < -0.3 is 0 Å². The molecule has 0 fully saturated rings. The normalized spacial score (nSPS) is 25.1. The quantitative estimate of drug-likeness (QED) is 0.388. The van der Waals surface area contributed by atoms with Gasteiger partial charge in [0.1, 0.15) is 0 Å². The minimum atomic E-state index is -3.20. The molecule has 0 N–H and O–H groups in total. The fraction of sp³-hybridized carbons (Fsp3) is 0.667. The van der Waals surface area contributed by atoms with Crippen LogP contribution in [0.2, 0.25) is 0 Å². The molecule has 0 aromatic carbocycles. The van der Waals surface area contributed by atoms with Gasteiger partial charge in [0.05, 0.1) is 12.4 Å². The average Bonchev–Trinajstić information content (AvgIpc) is 1.94. The van der Waals surface area contributed by atoms with Crippen molar-refractivity contribution < 1.29 is 12.6 Å². The van der Waals surface area contributed by atoms with Crippen molar-refractivity contribution in [3.8, 4) is 0 Å². The zero-order chi connectivity index (χ0) is 7.61. The van der Waals surface area contributed by atoms with Crippen LogP contribution in [0, 0.1) is 0 Å². The third-order valence-corrected chi connectivity index (χ3v) is 2.63. The van der Waals surface area contributed by atoms with Crippen LogP contribution in [0.15, 0.2) is 11.6 Å². The molecule has 4 heteroatoms. The summed E-state index contributed by atoms with van der Waals surface area (Å²) in [7, 11) is -3.20. The van der Waals surface area contributed by atoms with E-state index in [1.807, 2.05) is 6.92 Å². The summed E-state index contributed by atoms with van der Waals surface area (Å²) in [6.45, 7) is 2.11. The van der Waals surface area contributed by atoms with Crippen LogP contribution >= 0.6 is 0 Å². The van der Waals surface area contributed by atoms with Crippen LogP contribution in [-0.4, -0.2) is 20.8 Å². The molecular formula is C6H10O3S. The van der Waals surface area contributed by atoms with Gasteiger partial charge in [-0.25, -0.2) is 0 Å². The molecule has 0 spiro atoms. The van der Waals surface area contributed by atoms with Gasteiger partial charge in [0, 0.05) is 0 Å². The van der Waals surface area contributed by atoms with Crippen molar-refractivity contribution in [2.24, 2.45) is 0 Å². The predicted octanol–water partition coefficient (Wildman–Crippen LogP) is 0.683. The van der Waals surface area contributed by atoms with Crippen LogP contribution in [0.25, 0.3) is 0 Å². The molecule has 0 amide bonds. The topological polar surface area (TPSA) is 43.4 Å². The summed E-state index contributed by atoms with van der Waals surface area (Å²) in [5.41, 5.74) is 1.08. The number of allylic oxidation sites excluding steroid dienone is 1. The van der Waals surface area contributed by atoms with E-state index >= 15 is 0 Å². The Hall–Kier alpha value is -0.350. The van der Waals surface area contributed by atoms with E-state index in [-0.39, 0.29) is 12.4 Å². The highest BCUT2D eigenvalue weighted by molar-refractivity contribution is 7.86. The van der Waals surface area contributed by atoms with E-state index in [0.29, 0.717) is 6.42 Å². The zero-order valence-electron chi connectivity index (χ0n) is 5.83. The van der Waals surface area contributed by atoms with E-state index in [1.165, 1.54) is 0 Å². The molecule has 1 aliphatic heterocycles. The Morgan fingerprint density at radius 1 is 1.60 bits per heavy atom. The van der Waals surface area contributed by atoms with Crippen LogP contribution < -0.4 is 0 Å². The summed E-state index contributed by atoms with van der Waals surface area (Å²) in [6, 6.07) is 0. The molecule has 0 radical (unpaired) electrons. The molecule has 0 aliphatic carbocycles. The summed E-state index contributed by atoms with van der Waals surface area (Å²) < 4.78 is 26.1. The second-order valence-electron chi connectivity index (χ2n) is 2.35. The molecule has 0 bridgehead atoms. The van der Waals surface area contributed by atoms with Crippen LogP contribution in [0.5, 0.6) is 0 Å². The lowest BCUT2D eigenvalue weighted by atomic mass is 10.2. The first kappa shape index (κ1) is 7.75. The Kier molecular flexibility index (Phi) is 2.11.